The van der Waals surface area contributed by atoms with Crippen molar-refractivity contribution in [2.75, 3.05) is 11.9 Å². The summed E-state index contributed by atoms with van der Waals surface area (Å²) in [5.41, 5.74) is 3.03. The first kappa shape index (κ1) is 14.9. The molecule has 1 unspecified atom stereocenters. The van der Waals surface area contributed by atoms with Gasteiger partial charge in [-0.2, -0.15) is 0 Å². The highest BCUT2D eigenvalue weighted by Crippen LogP contribution is 2.23. The van der Waals surface area contributed by atoms with Crippen molar-refractivity contribution in [3.8, 4) is 0 Å². The molecule has 0 saturated carbocycles. The minimum Gasteiger partial charge on any atom is -0.387 e. The van der Waals surface area contributed by atoms with Crippen LogP contribution in [-0.2, 0) is 0 Å². The van der Waals surface area contributed by atoms with E-state index in [1.165, 1.54) is 5.56 Å². The zero-order chi connectivity index (χ0) is 14.5. The molecule has 0 aromatic heterocycles. The zero-order valence-electron chi connectivity index (χ0n) is 11.8. The molecule has 0 spiro atoms. The van der Waals surface area contributed by atoms with Crippen LogP contribution in [0, 0.1) is 0 Å². The molecule has 2 aromatic rings. The molecule has 0 saturated heterocycles. The first-order chi connectivity index (χ1) is 9.58. The van der Waals surface area contributed by atoms with Gasteiger partial charge in [-0.3, -0.25) is 0 Å². The molecule has 2 N–H and O–H groups in total. The second-order valence-corrected chi connectivity index (χ2v) is 5.61. The highest BCUT2D eigenvalue weighted by molar-refractivity contribution is 6.33. The summed E-state index contributed by atoms with van der Waals surface area (Å²) in [6, 6.07) is 15.6. The van der Waals surface area contributed by atoms with Crippen molar-refractivity contribution >= 4 is 17.3 Å². The van der Waals surface area contributed by atoms with Crippen LogP contribution in [0.3, 0.4) is 0 Å². The van der Waals surface area contributed by atoms with E-state index < -0.39 is 6.10 Å². The lowest BCUT2D eigenvalue weighted by molar-refractivity contribution is 0.191. The number of benzene rings is 2. The standard InChI is InChI=1S/C17H20ClNO/c1-12(2)13-7-9-14(10-8-13)17(20)11-19-16-6-4-3-5-15(16)18/h3-10,12,17,19-20H,11H2,1-2H3. The minimum absolute atomic E-state index is 0.435. The second-order valence-electron chi connectivity index (χ2n) is 5.20. The average molecular weight is 290 g/mol. The number of halogens is 1. The summed E-state index contributed by atoms with van der Waals surface area (Å²) < 4.78 is 0. The van der Waals surface area contributed by atoms with E-state index in [-0.39, 0.29) is 0 Å². The van der Waals surface area contributed by atoms with Gasteiger partial charge in [-0.15, -0.1) is 0 Å². The lowest BCUT2D eigenvalue weighted by atomic mass is 10.00. The van der Waals surface area contributed by atoms with E-state index in [0.29, 0.717) is 17.5 Å². The van der Waals surface area contributed by atoms with Crippen molar-refractivity contribution in [1.29, 1.82) is 0 Å². The van der Waals surface area contributed by atoms with Crippen LogP contribution in [0.4, 0.5) is 5.69 Å². The maximum absolute atomic E-state index is 10.2. The first-order valence-corrected chi connectivity index (χ1v) is 7.22. The van der Waals surface area contributed by atoms with Gasteiger partial charge in [0.1, 0.15) is 0 Å². The lowest BCUT2D eigenvalue weighted by Gasteiger charge is -2.15. The molecule has 0 bridgehead atoms. The molecular weight excluding hydrogens is 270 g/mol. The van der Waals surface area contributed by atoms with E-state index >= 15 is 0 Å². The minimum atomic E-state index is -0.549. The summed E-state index contributed by atoms with van der Waals surface area (Å²) in [4.78, 5) is 0. The summed E-state index contributed by atoms with van der Waals surface area (Å²) in [5, 5.41) is 14.0. The Kier molecular flexibility index (Phi) is 5.05. The van der Waals surface area contributed by atoms with Crippen molar-refractivity contribution < 1.29 is 5.11 Å². The predicted octanol–water partition coefficient (Wildman–Crippen LogP) is 4.61. The Morgan fingerprint density at radius 1 is 1.00 bits per heavy atom. The van der Waals surface area contributed by atoms with Crippen LogP contribution in [0.15, 0.2) is 48.5 Å². The topological polar surface area (TPSA) is 32.3 Å². The Morgan fingerprint density at radius 2 is 1.60 bits per heavy atom. The highest BCUT2D eigenvalue weighted by atomic mass is 35.5. The monoisotopic (exact) mass is 289 g/mol. The summed E-state index contributed by atoms with van der Waals surface area (Å²) in [6.07, 6.45) is -0.549. The van der Waals surface area contributed by atoms with Gasteiger partial charge in [0.25, 0.3) is 0 Å². The quantitative estimate of drug-likeness (QED) is 0.842. The molecule has 106 valence electrons. The molecule has 0 radical (unpaired) electrons. The number of aliphatic hydroxyl groups excluding tert-OH is 1. The SMILES string of the molecule is CC(C)c1ccc(C(O)CNc2ccccc2Cl)cc1. The molecule has 0 fully saturated rings. The largest absolute Gasteiger partial charge is 0.387 e. The zero-order valence-corrected chi connectivity index (χ0v) is 12.6. The molecule has 0 aliphatic rings. The highest BCUT2D eigenvalue weighted by Gasteiger charge is 2.09. The van der Waals surface area contributed by atoms with Crippen LogP contribution >= 0.6 is 11.6 Å². The molecule has 2 rings (SSSR count). The van der Waals surface area contributed by atoms with Gasteiger partial charge in [0.05, 0.1) is 16.8 Å². The molecule has 0 aliphatic heterocycles. The Morgan fingerprint density at radius 3 is 2.20 bits per heavy atom. The second kappa shape index (κ2) is 6.78. The summed E-state index contributed by atoms with van der Waals surface area (Å²) in [5.74, 6) is 0.502. The van der Waals surface area contributed by atoms with Gasteiger partial charge in [-0.25, -0.2) is 0 Å². The average Bonchev–Trinajstić information content (AvgIpc) is 2.46. The van der Waals surface area contributed by atoms with Crippen molar-refractivity contribution in [3.63, 3.8) is 0 Å². The van der Waals surface area contributed by atoms with E-state index in [9.17, 15) is 5.11 Å². The molecule has 0 amide bonds. The third-order valence-corrected chi connectivity index (χ3v) is 3.68. The Hall–Kier alpha value is -1.51. The molecule has 1 atom stereocenters. The molecular formula is C17H20ClNO. The number of para-hydroxylation sites is 1. The molecule has 3 heteroatoms. The maximum atomic E-state index is 10.2. The van der Waals surface area contributed by atoms with Crippen molar-refractivity contribution in [2.45, 2.75) is 25.9 Å². The van der Waals surface area contributed by atoms with Gasteiger partial charge in [-0.05, 0) is 29.2 Å². The summed E-state index contributed by atoms with van der Waals surface area (Å²) in [6.45, 7) is 4.75. The summed E-state index contributed by atoms with van der Waals surface area (Å²) in [7, 11) is 0. The lowest BCUT2D eigenvalue weighted by Crippen LogP contribution is -2.12. The first-order valence-electron chi connectivity index (χ1n) is 6.84. The van der Waals surface area contributed by atoms with E-state index in [1.54, 1.807) is 0 Å². The molecule has 0 aliphatic carbocycles. The smallest absolute Gasteiger partial charge is 0.0962 e. The molecule has 2 nitrogen and oxygen atoms in total. The summed E-state index contributed by atoms with van der Waals surface area (Å²) >= 11 is 6.07. The van der Waals surface area contributed by atoms with Crippen molar-refractivity contribution in [3.05, 3.63) is 64.7 Å². The Bertz CT molecular complexity index is 551. The van der Waals surface area contributed by atoms with Gasteiger partial charge in [0, 0.05) is 6.54 Å². The van der Waals surface area contributed by atoms with Crippen molar-refractivity contribution in [1.82, 2.24) is 0 Å². The number of nitrogens with one attached hydrogen (secondary N) is 1. The van der Waals surface area contributed by atoms with Crippen LogP contribution in [-0.4, -0.2) is 11.7 Å². The van der Waals surface area contributed by atoms with Gasteiger partial charge < -0.3 is 10.4 Å². The number of anilines is 1. The van der Waals surface area contributed by atoms with Gasteiger partial charge in [0.2, 0.25) is 0 Å². The van der Waals surface area contributed by atoms with E-state index in [0.717, 1.165) is 11.3 Å². The number of hydrogen-bond donors (Lipinski definition) is 2. The maximum Gasteiger partial charge on any atom is 0.0962 e. The third kappa shape index (κ3) is 3.75. The van der Waals surface area contributed by atoms with Crippen LogP contribution in [0.1, 0.15) is 37.0 Å². The Labute approximate surface area is 125 Å². The van der Waals surface area contributed by atoms with E-state index in [2.05, 4.69) is 31.3 Å². The van der Waals surface area contributed by atoms with Gasteiger partial charge in [0.15, 0.2) is 0 Å². The fourth-order valence-corrected chi connectivity index (χ4v) is 2.23. The van der Waals surface area contributed by atoms with Crippen LogP contribution in [0.25, 0.3) is 0 Å². The molecule has 2 aromatic carbocycles. The molecule has 0 heterocycles. The number of rotatable bonds is 5. The number of aliphatic hydroxyl groups is 1. The number of hydrogen-bond acceptors (Lipinski definition) is 2. The van der Waals surface area contributed by atoms with Gasteiger partial charge >= 0.3 is 0 Å². The molecule has 20 heavy (non-hydrogen) atoms. The van der Waals surface area contributed by atoms with Crippen LogP contribution in [0.2, 0.25) is 5.02 Å². The van der Waals surface area contributed by atoms with Gasteiger partial charge in [-0.1, -0.05) is 61.8 Å². The normalized spacial score (nSPS) is 12.4. The third-order valence-electron chi connectivity index (χ3n) is 3.35. The fourth-order valence-electron chi connectivity index (χ4n) is 2.03. The Balaban J connectivity index is 1.98. The van der Waals surface area contributed by atoms with E-state index in [4.69, 9.17) is 11.6 Å². The van der Waals surface area contributed by atoms with E-state index in [1.807, 2.05) is 36.4 Å². The predicted molar refractivity (Wildman–Crippen MR) is 85.4 cm³/mol. The van der Waals surface area contributed by atoms with Crippen LogP contribution in [0.5, 0.6) is 0 Å². The fraction of sp³-hybridized carbons (Fsp3) is 0.294. The van der Waals surface area contributed by atoms with Crippen molar-refractivity contribution in [2.24, 2.45) is 0 Å². The van der Waals surface area contributed by atoms with Crippen LogP contribution < -0.4 is 5.32 Å².